The second kappa shape index (κ2) is 2.95. The number of aliphatic hydroxyl groups excluding tert-OH is 1. The lowest BCUT2D eigenvalue weighted by atomic mass is 9.83. The Morgan fingerprint density at radius 1 is 1.30 bits per heavy atom. The molecule has 0 aliphatic carbocycles. The molecule has 0 aromatic heterocycles. The summed E-state index contributed by atoms with van der Waals surface area (Å²) in [4.78, 5) is 0. The highest BCUT2D eigenvalue weighted by atomic mass is 16.5. The normalized spacial score (nSPS) is 11.2. The van der Waals surface area contributed by atoms with Crippen molar-refractivity contribution >= 4 is 0 Å². The first-order valence-corrected chi connectivity index (χ1v) is 3.51. The van der Waals surface area contributed by atoms with Gasteiger partial charge in [0.25, 0.3) is 5.95 Å². The van der Waals surface area contributed by atoms with E-state index in [9.17, 15) is 0 Å². The largest absolute Gasteiger partial charge is 0.481 e. The molecule has 0 aliphatic heterocycles. The first-order valence-electron chi connectivity index (χ1n) is 3.51. The lowest BCUT2D eigenvalue weighted by molar-refractivity contribution is 0.172. The number of rotatable bonds is 2. The number of hydrogen-bond donors (Lipinski definition) is 2. The summed E-state index contributed by atoms with van der Waals surface area (Å²) in [6.45, 7) is 7.72. The van der Waals surface area contributed by atoms with Crippen LogP contribution in [0, 0.1) is 5.41 Å². The van der Waals surface area contributed by atoms with E-state index in [0.29, 0.717) is 5.57 Å². The van der Waals surface area contributed by atoms with Crippen molar-refractivity contribution in [2.75, 3.05) is 0 Å². The minimum Gasteiger partial charge on any atom is -0.481 e. The van der Waals surface area contributed by atoms with Crippen LogP contribution in [0.1, 0.15) is 34.1 Å². The van der Waals surface area contributed by atoms with Gasteiger partial charge in [0, 0.05) is 5.57 Å². The van der Waals surface area contributed by atoms with Gasteiger partial charge >= 0.3 is 0 Å². The maximum Gasteiger partial charge on any atom is 0.273 e. The van der Waals surface area contributed by atoms with Gasteiger partial charge < -0.3 is 10.2 Å². The van der Waals surface area contributed by atoms with E-state index >= 15 is 0 Å². The van der Waals surface area contributed by atoms with Crippen LogP contribution in [0.2, 0.25) is 0 Å². The second-order valence-electron chi connectivity index (χ2n) is 3.19. The summed E-state index contributed by atoms with van der Waals surface area (Å²) in [5.74, 6) is -0.535. The fraction of sp³-hybridized carbons (Fsp3) is 0.750. The molecule has 0 bridgehead atoms. The average molecular weight is 144 g/mol. The third kappa shape index (κ3) is 1.94. The van der Waals surface area contributed by atoms with E-state index < -0.39 is 5.95 Å². The zero-order chi connectivity index (χ0) is 8.36. The standard InChI is InChI=1S/C8H16O2/c1-5-8(3,4)6(2)7(9)10/h9-10H,5H2,1-4H3. The van der Waals surface area contributed by atoms with Crippen molar-refractivity contribution in [2.45, 2.75) is 34.1 Å². The minimum atomic E-state index is -0.535. The molecule has 0 saturated carbocycles. The maximum absolute atomic E-state index is 8.72. The molecule has 10 heavy (non-hydrogen) atoms. The molecule has 0 spiro atoms. The van der Waals surface area contributed by atoms with Crippen molar-refractivity contribution in [1.82, 2.24) is 0 Å². The highest BCUT2D eigenvalue weighted by Crippen LogP contribution is 2.30. The van der Waals surface area contributed by atoms with Gasteiger partial charge in [-0.1, -0.05) is 20.8 Å². The van der Waals surface area contributed by atoms with Crippen molar-refractivity contribution in [3.05, 3.63) is 11.5 Å². The molecule has 0 rings (SSSR count). The van der Waals surface area contributed by atoms with Gasteiger partial charge in [0.15, 0.2) is 0 Å². The molecule has 0 unspecified atom stereocenters. The summed E-state index contributed by atoms with van der Waals surface area (Å²) in [5, 5.41) is 17.4. The van der Waals surface area contributed by atoms with Crippen LogP contribution < -0.4 is 0 Å². The van der Waals surface area contributed by atoms with E-state index in [1.807, 2.05) is 20.8 Å². The minimum absolute atomic E-state index is 0.0984. The van der Waals surface area contributed by atoms with Crippen LogP contribution in [0.25, 0.3) is 0 Å². The summed E-state index contributed by atoms with van der Waals surface area (Å²) in [6.07, 6.45) is 0.906. The molecule has 60 valence electrons. The molecule has 0 radical (unpaired) electrons. The molecular formula is C8H16O2. The third-order valence-corrected chi connectivity index (χ3v) is 2.23. The SMILES string of the molecule is CCC(C)(C)C(C)=C(O)O. The van der Waals surface area contributed by atoms with Crippen molar-refractivity contribution in [1.29, 1.82) is 0 Å². The number of aliphatic hydroxyl groups is 2. The molecule has 0 amide bonds. The molecule has 0 aromatic rings. The van der Waals surface area contributed by atoms with Gasteiger partial charge in [-0.2, -0.15) is 0 Å². The summed E-state index contributed by atoms with van der Waals surface area (Å²) in [7, 11) is 0. The van der Waals surface area contributed by atoms with Crippen LogP contribution in [0.3, 0.4) is 0 Å². The Morgan fingerprint density at radius 3 is 1.80 bits per heavy atom. The first kappa shape index (κ1) is 9.34. The Morgan fingerprint density at radius 2 is 1.70 bits per heavy atom. The molecule has 2 heteroatoms. The zero-order valence-electron chi connectivity index (χ0n) is 7.10. The van der Waals surface area contributed by atoms with Gasteiger partial charge in [0.2, 0.25) is 0 Å². The highest BCUT2D eigenvalue weighted by Gasteiger charge is 2.20. The molecule has 0 atom stereocenters. The Labute approximate surface area is 62.2 Å². The second-order valence-corrected chi connectivity index (χ2v) is 3.19. The van der Waals surface area contributed by atoms with Crippen LogP contribution in [0.4, 0.5) is 0 Å². The number of hydrogen-bond acceptors (Lipinski definition) is 2. The zero-order valence-corrected chi connectivity index (χ0v) is 7.10. The van der Waals surface area contributed by atoms with E-state index in [-0.39, 0.29) is 5.41 Å². The summed E-state index contributed by atoms with van der Waals surface area (Å²) >= 11 is 0. The smallest absolute Gasteiger partial charge is 0.273 e. The van der Waals surface area contributed by atoms with Crippen molar-refractivity contribution in [2.24, 2.45) is 5.41 Å². The van der Waals surface area contributed by atoms with Crippen molar-refractivity contribution in [3.63, 3.8) is 0 Å². The topological polar surface area (TPSA) is 40.5 Å². The van der Waals surface area contributed by atoms with Crippen LogP contribution >= 0.6 is 0 Å². The molecule has 2 nitrogen and oxygen atoms in total. The van der Waals surface area contributed by atoms with Gasteiger partial charge in [0.1, 0.15) is 0 Å². The summed E-state index contributed by atoms with van der Waals surface area (Å²) < 4.78 is 0. The maximum atomic E-state index is 8.72. The Kier molecular flexibility index (Phi) is 2.76. The molecule has 0 heterocycles. The van der Waals surface area contributed by atoms with Crippen molar-refractivity contribution in [3.8, 4) is 0 Å². The van der Waals surface area contributed by atoms with Crippen LogP contribution in [-0.4, -0.2) is 10.2 Å². The quantitative estimate of drug-likeness (QED) is 0.585. The molecule has 0 saturated heterocycles. The van der Waals surface area contributed by atoms with Gasteiger partial charge in [-0.25, -0.2) is 0 Å². The third-order valence-electron chi connectivity index (χ3n) is 2.23. The molecule has 0 fully saturated rings. The van der Waals surface area contributed by atoms with E-state index in [1.165, 1.54) is 0 Å². The molecular weight excluding hydrogens is 128 g/mol. The van der Waals surface area contributed by atoms with Crippen LogP contribution in [-0.2, 0) is 0 Å². The monoisotopic (exact) mass is 144 g/mol. The molecule has 2 N–H and O–H groups in total. The summed E-state index contributed by atoms with van der Waals surface area (Å²) in [6, 6.07) is 0. The lowest BCUT2D eigenvalue weighted by Crippen LogP contribution is -2.13. The fourth-order valence-electron chi connectivity index (χ4n) is 0.568. The molecule has 0 aromatic carbocycles. The highest BCUT2D eigenvalue weighted by molar-refractivity contribution is 5.08. The van der Waals surface area contributed by atoms with Crippen LogP contribution in [0.5, 0.6) is 0 Å². The van der Waals surface area contributed by atoms with E-state index in [2.05, 4.69) is 0 Å². The Hall–Kier alpha value is -0.660. The van der Waals surface area contributed by atoms with E-state index in [4.69, 9.17) is 10.2 Å². The van der Waals surface area contributed by atoms with E-state index in [0.717, 1.165) is 6.42 Å². The predicted molar refractivity (Wildman–Crippen MR) is 42.0 cm³/mol. The van der Waals surface area contributed by atoms with Gasteiger partial charge in [0.05, 0.1) is 0 Å². The number of allylic oxidation sites excluding steroid dienone is 1. The Balaban J connectivity index is 4.49. The van der Waals surface area contributed by atoms with Gasteiger partial charge in [-0.3, -0.25) is 0 Å². The molecule has 0 aliphatic rings. The van der Waals surface area contributed by atoms with Gasteiger partial charge in [-0.05, 0) is 18.8 Å². The predicted octanol–water partition coefficient (Wildman–Crippen LogP) is 2.77. The lowest BCUT2D eigenvalue weighted by Gasteiger charge is -2.22. The Bertz CT molecular complexity index is 141. The van der Waals surface area contributed by atoms with Gasteiger partial charge in [-0.15, -0.1) is 0 Å². The van der Waals surface area contributed by atoms with Crippen molar-refractivity contribution < 1.29 is 10.2 Å². The van der Waals surface area contributed by atoms with E-state index in [1.54, 1.807) is 6.92 Å². The van der Waals surface area contributed by atoms with Crippen LogP contribution in [0.15, 0.2) is 11.5 Å². The first-order chi connectivity index (χ1) is 4.41. The summed E-state index contributed by atoms with van der Waals surface area (Å²) in [5.41, 5.74) is 0.550. The average Bonchev–Trinajstić information content (AvgIpc) is 1.86. The fourth-order valence-corrected chi connectivity index (χ4v) is 0.568.